The summed E-state index contributed by atoms with van der Waals surface area (Å²) in [6.45, 7) is 1.78. The molecule has 1 aromatic rings. The SMILES string of the molecule is COc1ccc(S(=O)(=O)N2CCC(CCCN)C2)cc1OC. The molecule has 2 N–H and O–H groups in total. The second-order valence-electron chi connectivity index (χ2n) is 5.47. The lowest BCUT2D eigenvalue weighted by molar-refractivity contribution is 0.353. The van der Waals surface area contributed by atoms with Gasteiger partial charge in [0.15, 0.2) is 11.5 Å². The third kappa shape index (κ3) is 3.53. The summed E-state index contributed by atoms with van der Waals surface area (Å²) in [5.41, 5.74) is 5.52. The zero-order chi connectivity index (χ0) is 16.2. The van der Waals surface area contributed by atoms with E-state index in [1.54, 1.807) is 16.4 Å². The van der Waals surface area contributed by atoms with Gasteiger partial charge >= 0.3 is 0 Å². The number of rotatable bonds is 7. The zero-order valence-electron chi connectivity index (χ0n) is 13.1. The number of nitrogens with zero attached hydrogens (tertiary/aromatic N) is 1. The van der Waals surface area contributed by atoms with Crippen LogP contribution in [0.1, 0.15) is 19.3 Å². The molecule has 22 heavy (non-hydrogen) atoms. The van der Waals surface area contributed by atoms with Crippen molar-refractivity contribution in [3.05, 3.63) is 18.2 Å². The van der Waals surface area contributed by atoms with Gasteiger partial charge in [-0.3, -0.25) is 0 Å². The molecule has 2 rings (SSSR count). The molecule has 0 spiro atoms. The Morgan fingerprint density at radius 2 is 2.00 bits per heavy atom. The number of nitrogens with two attached hydrogens (primary N) is 1. The minimum Gasteiger partial charge on any atom is -0.493 e. The van der Waals surface area contributed by atoms with Crippen molar-refractivity contribution in [1.29, 1.82) is 0 Å². The molecule has 1 unspecified atom stereocenters. The van der Waals surface area contributed by atoms with Crippen molar-refractivity contribution >= 4 is 10.0 Å². The van der Waals surface area contributed by atoms with Crippen molar-refractivity contribution < 1.29 is 17.9 Å². The Kier molecular flexibility index (Phi) is 5.66. The Labute approximate surface area is 132 Å². The lowest BCUT2D eigenvalue weighted by atomic mass is 10.0. The largest absolute Gasteiger partial charge is 0.493 e. The standard InChI is InChI=1S/C15H24N2O4S/c1-20-14-6-5-13(10-15(14)21-2)22(18,19)17-9-7-12(11-17)4-3-8-16/h5-6,10,12H,3-4,7-9,11,16H2,1-2H3. The summed E-state index contributed by atoms with van der Waals surface area (Å²) in [6, 6.07) is 4.69. The molecule has 0 bridgehead atoms. The second kappa shape index (κ2) is 7.30. The van der Waals surface area contributed by atoms with Crippen LogP contribution in [0.15, 0.2) is 23.1 Å². The highest BCUT2D eigenvalue weighted by atomic mass is 32.2. The highest BCUT2D eigenvalue weighted by Gasteiger charge is 2.32. The minimum absolute atomic E-state index is 0.240. The van der Waals surface area contributed by atoms with Gasteiger partial charge in [0.2, 0.25) is 10.0 Å². The third-order valence-corrected chi connectivity index (χ3v) is 5.92. The molecular weight excluding hydrogens is 304 g/mol. The van der Waals surface area contributed by atoms with Crippen LogP contribution in [0.25, 0.3) is 0 Å². The van der Waals surface area contributed by atoms with E-state index in [9.17, 15) is 8.42 Å². The van der Waals surface area contributed by atoms with Crippen LogP contribution in [0, 0.1) is 5.92 Å². The summed E-state index contributed by atoms with van der Waals surface area (Å²) in [5, 5.41) is 0. The Hall–Kier alpha value is -1.31. The van der Waals surface area contributed by atoms with Gasteiger partial charge in [-0.1, -0.05) is 0 Å². The summed E-state index contributed by atoms with van der Waals surface area (Å²) in [4.78, 5) is 0.240. The van der Waals surface area contributed by atoms with E-state index in [2.05, 4.69) is 0 Å². The van der Waals surface area contributed by atoms with Crippen molar-refractivity contribution in [3.63, 3.8) is 0 Å². The van der Waals surface area contributed by atoms with Gasteiger partial charge in [0.1, 0.15) is 0 Å². The maximum absolute atomic E-state index is 12.7. The predicted molar refractivity (Wildman–Crippen MR) is 84.7 cm³/mol. The quantitative estimate of drug-likeness (QED) is 0.819. The molecule has 1 aliphatic rings. The lowest BCUT2D eigenvalue weighted by Gasteiger charge is -2.18. The van der Waals surface area contributed by atoms with E-state index in [0.717, 1.165) is 19.3 Å². The maximum Gasteiger partial charge on any atom is 0.243 e. The molecule has 1 saturated heterocycles. The number of benzene rings is 1. The average Bonchev–Trinajstić information content (AvgIpc) is 3.01. The Morgan fingerprint density at radius 3 is 2.64 bits per heavy atom. The van der Waals surface area contributed by atoms with Gasteiger partial charge in [-0.2, -0.15) is 4.31 Å². The van der Waals surface area contributed by atoms with E-state index < -0.39 is 10.0 Å². The van der Waals surface area contributed by atoms with Crippen molar-refractivity contribution in [1.82, 2.24) is 4.31 Å². The Morgan fingerprint density at radius 1 is 1.27 bits per heavy atom. The fraction of sp³-hybridized carbons (Fsp3) is 0.600. The van der Waals surface area contributed by atoms with Crippen molar-refractivity contribution in [2.24, 2.45) is 11.7 Å². The number of hydrogen-bond acceptors (Lipinski definition) is 5. The fourth-order valence-corrected chi connectivity index (χ4v) is 4.33. The molecule has 1 aliphatic heterocycles. The van der Waals surface area contributed by atoms with Gasteiger partial charge < -0.3 is 15.2 Å². The van der Waals surface area contributed by atoms with Crippen molar-refractivity contribution in [3.8, 4) is 11.5 Å². The summed E-state index contributed by atoms with van der Waals surface area (Å²) in [5.74, 6) is 1.34. The van der Waals surface area contributed by atoms with E-state index in [0.29, 0.717) is 37.1 Å². The van der Waals surface area contributed by atoms with Gasteiger partial charge in [0.05, 0.1) is 19.1 Å². The van der Waals surface area contributed by atoms with Gasteiger partial charge in [0, 0.05) is 19.2 Å². The summed E-state index contributed by atoms with van der Waals surface area (Å²) in [6.07, 6.45) is 2.82. The van der Waals surface area contributed by atoms with Gasteiger partial charge in [-0.15, -0.1) is 0 Å². The third-order valence-electron chi connectivity index (χ3n) is 4.06. The smallest absolute Gasteiger partial charge is 0.243 e. The van der Waals surface area contributed by atoms with Gasteiger partial charge in [-0.25, -0.2) is 8.42 Å². The number of sulfonamides is 1. The van der Waals surface area contributed by atoms with Crippen LogP contribution in [0.2, 0.25) is 0 Å². The Bertz CT molecular complexity index is 604. The van der Waals surface area contributed by atoms with Crippen molar-refractivity contribution in [2.45, 2.75) is 24.2 Å². The zero-order valence-corrected chi connectivity index (χ0v) is 13.9. The number of ether oxygens (including phenoxy) is 2. The van der Waals surface area contributed by atoms with Crippen LogP contribution in [0.5, 0.6) is 11.5 Å². The summed E-state index contributed by atoms with van der Waals surface area (Å²) < 4.78 is 37.3. The fourth-order valence-electron chi connectivity index (χ4n) is 2.78. The van der Waals surface area contributed by atoms with E-state index in [4.69, 9.17) is 15.2 Å². The molecule has 1 heterocycles. The highest BCUT2D eigenvalue weighted by molar-refractivity contribution is 7.89. The van der Waals surface area contributed by atoms with Crippen LogP contribution in [-0.2, 0) is 10.0 Å². The van der Waals surface area contributed by atoms with Crippen LogP contribution >= 0.6 is 0 Å². The summed E-state index contributed by atoms with van der Waals surface area (Å²) >= 11 is 0. The van der Waals surface area contributed by atoms with Crippen molar-refractivity contribution in [2.75, 3.05) is 33.9 Å². The molecule has 7 heteroatoms. The lowest BCUT2D eigenvalue weighted by Crippen LogP contribution is -2.29. The average molecular weight is 328 g/mol. The molecule has 124 valence electrons. The first-order valence-electron chi connectivity index (χ1n) is 7.45. The van der Waals surface area contributed by atoms with Crippen LogP contribution in [0.3, 0.4) is 0 Å². The molecular formula is C15H24N2O4S. The summed E-state index contributed by atoms with van der Waals surface area (Å²) in [7, 11) is -0.472. The molecule has 0 saturated carbocycles. The molecule has 1 aromatic carbocycles. The normalized spacial score (nSPS) is 19.3. The van der Waals surface area contributed by atoms with Crippen LogP contribution in [-0.4, -0.2) is 46.6 Å². The molecule has 0 amide bonds. The monoisotopic (exact) mass is 328 g/mol. The van der Waals surface area contributed by atoms with E-state index >= 15 is 0 Å². The predicted octanol–water partition coefficient (Wildman–Crippen LogP) is 1.45. The van der Waals surface area contributed by atoms with Crippen LogP contribution in [0.4, 0.5) is 0 Å². The van der Waals surface area contributed by atoms with Gasteiger partial charge in [0.25, 0.3) is 0 Å². The molecule has 0 aliphatic carbocycles. The van der Waals surface area contributed by atoms with E-state index in [1.807, 2.05) is 0 Å². The van der Waals surface area contributed by atoms with E-state index in [-0.39, 0.29) is 4.90 Å². The minimum atomic E-state index is -3.49. The number of hydrogen-bond donors (Lipinski definition) is 1. The second-order valence-corrected chi connectivity index (χ2v) is 7.40. The molecule has 6 nitrogen and oxygen atoms in total. The maximum atomic E-state index is 12.7. The number of methoxy groups -OCH3 is 2. The Balaban J connectivity index is 2.17. The first-order chi connectivity index (χ1) is 10.5. The van der Waals surface area contributed by atoms with E-state index in [1.165, 1.54) is 20.3 Å². The molecule has 0 radical (unpaired) electrons. The van der Waals surface area contributed by atoms with Gasteiger partial charge in [-0.05, 0) is 43.9 Å². The first kappa shape index (κ1) is 17.1. The first-order valence-corrected chi connectivity index (χ1v) is 8.89. The molecule has 0 aromatic heterocycles. The molecule has 1 fully saturated rings. The van der Waals surface area contributed by atoms with Crippen LogP contribution < -0.4 is 15.2 Å². The highest BCUT2D eigenvalue weighted by Crippen LogP contribution is 2.32. The molecule has 1 atom stereocenters. The topological polar surface area (TPSA) is 81.9 Å².